The number of ether oxygens (including phenoxy) is 1. The van der Waals surface area contributed by atoms with Crippen molar-refractivity contribution in [2.45, 2.75) is 33.1 Å². The molecule has 0 aliphatic rings. The minimum atomic E-state index is 0.411. The molecule has 0 bridgehead atoms. The molecule has 4 nitrogen and oxygen atoms in total. The molecule has 0 radical (unpaired) electrons. The summed E-state index contributed by atoms with van der Waals surface area (Å²) in [6, 6.07) is 9.43. The Kier molecular flexibility index (Phi) is 4.56. The van der Waals surface area contributed by atoms with E-state index in [0.717, 1.165) is 28.6 Å². The largest absolute Gasteiger partial charge is 0.493 e. The zero-order valence-electron chi connectivity index (χ0n) is 12.3. The van der Waals surface area contributed by atoms with Crippen LogP contribution in [0, 0.1) is 6.92 Å². The number of nitrogen functional groups attached to an aromatic ring is 1. The third kappa shape index (κ3) is 3.95. The standard InChI is InChI=1S/C16H21N3O/c1-11(2)15-10-12(3)18-16(19-15)8-9-20-14-6-4-13(17)5-7-14/h4-7,10-11H,8-9,17H2,1-3H3. The van der Waals surface area contributed by atoms with Crippen LogP contribution in [-0.2, 0) is 6.42 Å². The molecular weight excluding hydrogens is 250 g/mol. The van der Waals surface area contributed by atoms with E-state index in [1.165, 1.54) is 0 Å². The Morgan fingerprint density at radius 1 is 1.15 bits per heavy atom. The van der Waals surface area contributed by atoms with Crippen LogP contribution in [0.2, 0.25) is 0 Å². The first-order valence-corrected chi connectivity index (χ1v) is 6.87. The molecule has 1 heterocycles. The SMILES string of the molecule is Cc1cc(C(C)C)nc(CCOc2ccc(N)cc2)n1. The molecule has 2 rings (SSSR count). The summed E-state index contributed by atoms with van der Waals surface area (Å²) in [5, 5.41) is 0. The number of rotatable bonds is 5. The number of nitrogens with two attached hydrogens (primary N) is 1. The highest BCUT2D eigenvalue weighted by molar-refractivity contribution is 5.41. The van der Waals surface area contributed by atoms with E-state index in [9.17, 15) is 0 Å². The minimum Gasteiger partial charge on any atom is -0.493 e. The topological polar surface area (TPSA) is 61.0 Å². The normalized spacial score (nSPS) is 10.8. The molecular formula is C16H21N3O. The van der Waals surface area contributed by atoms with Crippen molar-refractivity contribution >= 4 is 5.69 Å². The summed E-state index contributed by atoms with van der Waals surface area (Å²) in [5.41, 5.74) is 8.46. The van der Waals surface area contributed by atoms with E-state index in [-0.39, 0.29) is 0 Å². The summed E-state index contributed by atoms with van der Waals surface area (Å²) in [4.78, 5) is 9.02. The van der Waals surface area contributed by atoms with E-state index >= 15 is 0 Å². The average Bonchev–Trinajstić information content (AvgIpc) is 2.40. The molecule has 2 aromatic rings. The zero-order valence-corrected chi connectivity index (χ0v) is 12.3. The predicted octanol–water partition coefficient (Wildman–Crippen LogP) is 3.11. The van der Waals surface area contributed by atoms with Crippen LogP contribution in [0.5, 0.6) is 5.75 Å². The van der Waals surface area contributed by atoms with Gasteiger partial charge in [-0.1, -0.05) is 13.8 Å². The van der Waals surface area contributed by atoms with Crippen molar-refractivity contribution in [3.8, 4) is 5.75 Å². The van der Waals surface area contributed by atoms with Crippen molar-refractivity contribution in [1.29, 1.82) is 0 Å². The number of nitrogens with zero attached hydrogens (tertiary/aromatic N) is 2. The maximum Gasteiger partial charge on any atom is 0.132 e. The molecule has 1 aromatic heterocycles. The van der Waals surface area contributed by atoms with Crippen molar-refractivity contribution in [2.24, 2.45) is 0 Å². The highest BCUT2D eigenvalue weighted by atomic mass is 16.5. The molecule has 0 atom stereocenters. The van der Waals surface area contributed by atoms with E-state index in [2.05, 4.69) is 23.8 Å². The lowest BCUT2D eigenvalue weighted by Crippen LogP contribution is -2.08. The van der Waals surface area contributed by atoms with Crippen molar-refractivity contribution in [3.63, 3.8) is 0 Å². The number of aryl methyl sites for hydroxylation is 1. The minimum absolute atomic E-state index is 0.411. The third-order valence-electron chi connectivity index (χ3n) is 2.99. The lowest BCUT2D eigenvalue weighted by molar-refractivity contribution is 0.318. The number of benzene rings is 1. The van der Waals surface area contributed by atoms with Gasteiger partial charge in [0.05, 0.1) is 6.61 Å². The van der Waals surface area contributed by atoms with Crippen LogP contribution in [0.25, 0.3) is 0 Å². The van der Waals surface area contributed by atoms with Crippen molar-refractivity contribution in [2.75, 3.05) is 12.3 Å². The van der Waals surface area contributed by atoms with Gasteiger partial charge in [0.25, 0.3) is 0 Å². The molecule has 20 heavy (non-hydrogen) atoms. The van der Waals surface area contributed by atoms with Gasteiger partial charge in [0.2, 0.25) is 0 Å². The fraction of sp³-hybridized carbons (Fsp3) is 0.375. The Morgan fingerprint density at radius 2 is 1.85 bits per heavy atom. The van der Waals surface area contributed by atoms with Gasteiger partial charge >= 0.3 is 0 Å². The molecule has 0 aliphatic carbocycles. The first kappa shape index (κ1) is 14.3. The first-order chi connectivity index (χ1) is 9.54. The molecule has 2 N–H and O–H groups in total. The molecule has 0 aliphatic heterocycles. The van der Waals surface area contributed by atoms with Gasteiger partial charge in [-0.2, -0.15) is 0 Å². The van der Waals surface area contributed by atoms with Crippen molar-refractivity contribution < 1.29 is 4.74 Å². The summed E-state index contributed by atoms with van der Waals surface area (Å²) in [6.45, 7) is 6.83. The highest BCUT2D eigenvalue weighted by Crippen LogP contribution is 2.15. The fourth-order valence-electron chi connectivity index (χ4n) is 1.89. The number of aromatic nitrogens is 2. The molecule has 0 spiro atoms. The average molecular weight is 271 g/mol. The van der Waals surface area contributed by atoms with E-state index in [4.69, 9.17) is 10.5 Å². The second-order valence-corrected chi connectivity index (χ2v) is 5.17. The molecule has 1 aromatic carbocycles. The summed E-state index contributed by atoms with van der Waals surface area (Å²) in [6.07, 6.45) is 0.700. The smallest absolute Gasteiger partial charge is 0.132 e. The maximum absolute atomic E-state index is 5.67. The van der Waals surface area contributed by atoms with Gasteiger partial charge in [-0.3, -0.25) is 0 Å². The predicted molar refractivity (Wildman–Crippen MR) is 80.9 cm³/mol. The quantitative estimate of drug-likeness (QED) is 0.849. The lowest BCUT2D eigenvalue weighted by Gasteiger charge is -2.09. The molecule has 0 fully saturated rings. The Balaban J connectivity index is 1.95. The second-order valence-electron chi connectivity index (χ2n) is 5.17. The van der Waals surface area contributed by atoms with Gasteiger partial charge in [0.15, 0.2) is 0 Å². The summed E-state index contributed by atoms with van der Waals surface area (Å²) < 4.78 is 5.67. The van der Waals surface area contributed by atoms with Crippen LogP contribution in [0.1, 0.15) is 37.0 Å². The number of anilines is 1. The lowest BCUT2D eigenvalue weighted by atomic mass is 10.1. The van der Waals surface area contributed by atoms with E-state index in [0.29, 0.717) is 18.9 Å². The maximum atomic E-state index is 5.67. The van der Waals surface area contributed by atoms with Gasteiger partial charge in [0, 0.05) is 23.5 Å². The molecule has 106 valence electrons. The number of hydrogen-bond acceptors (Lipinski definition) is 4. The van der Waals surface area contributed by atoms with Gasteiger partial charge in [0.1, 0.15) is 11.6 Å². The summed E-state index contributed by atoms with van der Waals surface area (Å²) in [7, 11) is 0. The molecule has 0 saturated carbocycles. The van der Waals surface area contributed by atoms with Crippen LogP contribution >= 0.6 is 0 Å². The van der Waals surface area contributed by atoms with Crippen LogP contribution in [-0.4, -0.2) is 16.6 Å². The van der Waals surface area contributed by atoms with Crippen molar-refractivity contribution in [1.82, 2.24) is 9.97 Å². The molecule has 0 unspecified atom stereocenters. The molecule has 4 heteroatoms. The Morgan fingerprint density at radius 3 is 2.50 bits per heavy atom. The molecule has 0 amide bonds. The van der Waals surface area contributed by atoms with E-state index in [1.54, 1.807) is 0 Å². The second kappa shape index (κ2) is 6.37. The van der Waals surface area contributed by atoms with Gasteiger partial charge < -0.3 is 10.5 Å². The zero-order chi connectivity index (χ0) is 14.5. The third-order valence-corrected chi connectivity index (χ3v) is 2.99. The summed E-state index contributed by atoms with van der Waals surface area (Å²) >= 11 is 0. The van der Waals surface area contributed by atoms with Gasteiger partial charge in [-0.15, -0.1) is 0 Å². The van der Waals surface area contributed by atoms with Crippen molar-refractivity contribution in [3.05, 3.63) is 47.5 Å². The van der Waals surface area contributed by atoms with E-state index < -0.39 is 0 Å². The molecule has 0 saturated heterocycles. The van der Waals surface area contributed by atoms with Gasteiger partial charge in [-0.25, -0.2) is 9.97 Å². The van der Waals surface area contributed by atoms with Gasteiger partial charge in [-0.05, 0) is 43.2 Å². The summed E-state index contributed by atoms with van der Waals surface area (Å²) in [5.74, 6) is 2.06. The Hall–Kier alpha value is -2.10. The van der Waals surface area contributed by atoms with Crippen LogP contribution in [0.3, 0.4) is 0 Å². The van der Waals surface area contributed by atoms with Crippen LogP contribution in [0.15, 0.2) is 30.3 Å². The van der Waals surface area contributed by atoms with Crippen LogP contribution in [0.4, 0.5) is 5.69 Å². The highest BCUT2D eigenvalue weighted by Gasteiger charge is 2.06. The Bertz CT molecular complexity index is 564. The van der Waals surface area contributed by atoms with Crippen LogP contribution < -0.4 is 10.5 Å². The first-order valence-electron chi connectivity index (χ1n) is 6.87. The van der Waals surface area contributed by atoms with E-state index in [1.807, 2.05) is 37.3 Å². The monoisotopic (exact) mass is 271 g/mol. The Labute approximate surface area is 120 Å². The number of hydrogen-bond donors (Lipinski definition) is 1. The fourth-order valence-corrected chi connectivity index (χ4v) is 1.89.